The molecule has 0 heterocycles. The second kappa shape index (κ2) is 10.5. The van der Waals surface area contributed by atoms with Crippen LogP contribution >= 0.6 is 0 Å². The van der Waals surface area contributed by atoms with E-state index in [0.29, 0.717) is 5.41 Å². The van der Waals surface area contributed by atoms with E-state index < -0.39 is 5.97 Å². The summed E-state index contributed by atoms with van der Waals surface area (Å²) in [6.45, 7) is 9.33. The van der Waals surface area contributed by atoms with Gasteiger partial charge in [0.25, 0.3) is 0 Å². The number of carbonyl (C=O) groups is 1. The number of unbranched alkanes of at least 4 members (excludes halogenated alkanes) is 6. The number of carboxylic acid groups (broad SMARTS) is 1. The molecule has 2 saturated carbocycles. The average Bonchev–Trinajstić information content (AvgIpc) is 3.64. The summed E-state index contributed by atoms with van der Waals surface area (Å²) in [5.41, 5.74) is 8.04. The highest BCUT2D eigenvalue weighted by molar-refractivity contribution is 5.77. The molecule has 1 aromatic rings. The van der Waals surface area contributed by atoms with Crippen molar-refractivity contribution in [3.63, 3.8) is 0 Å². The molecule has 0 spiro atoms. The van der Waals surface area contributed by atoms with E-state index in [1.807, 2.05) is 0 Å². The SMILES string of the molecule is Cc1cc(C)c(CCCCCCC2(C)CC2)c(CCCCCCC2(C(=O)O)CC2)c1C. The highest BCUT2D eigenvalue weighted by Crippen LogP contribution is 2.50. The third-order valence-corrected chi connectivity index (χ3v) is 8.52. The minimum absolute atomic E-state index is 0.340. The van der Waals surface area contributed by atoms with Crippen molar-refractivity contribution in [3.8, 4) is 0 Å². The first kappa shape index (κ1) is 24.3. The normalized spacial score (nSPS) is 18.2. The zero-order chi connectivity index (χ0) is 22.5. The molecule has 1 N–H and O–H groups in total. The number of aryl methyl sites for hydroxylation is 2. The second-order valence-electron chi connectivity index (χ2n) is 11.3. The van der Waals surface area contributed by atoms with Crippen molar-refractivity contribution in [2.75, 3.05) is 0 Å². The van der Waals surface area contributed by atoms with Crippen molar-refractivity contribution < 1.29 is 9.90 Å². The van der Waals surface area contributed by atoms with Gasteiger partial charge in [-0.05, 0) is 118 Å². The number of hydrogen-bond acceptors (Lipinski definition) is 1. The first-order chi connectivity index (χ1) is 14.8. The van der Waals surface area contributed by atoms with Crippen LogP contribution in [0.25, 0.3) is 0 Å². The standard InChI is InChI=1S/C29H46O2/c1-22-21-23(2)25(13-9-5-7-11-15-28(4)17-18-28)26(24(22)3)14-10-6-8-12-16-29(19-20-29)27(30)31/h21H,5-20H2,1-4H3,(H,30,31). The van der Waals surface area contributed by atoms with Gasteiger partial charge in [-0.1, -0.05) is 51.5 Å². The van der Waals surface area contributed by atoms with Crippen molar-refractivity contribution in [3.05, 3.63) is 33.9 Å². The van der Waals surface area contributed by atoms with Crippen molar-refractivity contribution in [1.82, 2.24) is 0 Å². The Balaban J connectivity index is 1.41. The number of rotatable bonds is 15. The Bertz CT molecular complexity index is 752. The average molecular weight is 427 g/mol. The van der Waals surface area contributed by atoms with Gasteiger partial charge in [0.1, 0.15) is 0 Å². The minimum atomic E-state index is -0.565. The van der Waals surface area contributed by atoms with Crippen LogP contribution in [0.3, 0.4) is 0 Å². The van der Waals surface area contributed by atoms with Gasteiger partial charge in [-0.2, -0.15) is 0 Å². The van der Waals surface area contributed by atoms with E-state index in [2.05, 4.69) is 33.8 Å². The largest absolute Gasteiger partial charge is 0.481 e. The first-order valence-electron chi connectivity index (χ1n) is 13.1. The van der Waals surface area contributed by atoms with Gasteiger partial charge >= 0.3 is 5.97 Å². The zero-order valence-electron chi connectivity index (χ0n) is 20.7. The highest BCUT2D eigenvalue weighted by Gasteiger charge is 2.49. The van der Waals surface area contributed by atoms with E-state index in [1.165, 1.54) is 93.7 Å². The quantitative estimate of drug-likeness (QED) is 0.287. The van der Waals surface area contributed by atoms with Crippen LogP contribution in [0.2, 0.25) is 0 Å². The lowest BCUT2D eigenvalue weighted by Gasteiger charge is -2.18. The van der Waals surface area contributed by atoms with Crippen molar-refractivity contribution in [2.45, 2.75) is 130 Å². The van der Waals surface area contributed by atoms with E-state index in [9.17, 15) is 9.90 Å². The molecular formula is C29H46O2. The summed E-state index contributed by atoms with van der Waals surface area (Å²) in [6, 6.07) is 2.39. The molecule has 3 rings (SSSR count). The van der Waals surface area contributed by atoms with Crippen LogP contribution in [0.15, 0.2) is 6.07 Å². The molecule has 0 radical (unpaired) electrons. The van der Waals surface area contributed by atoms with E-state index in [4.69, 9.17) is 0 Å². The third kappa shape index (κ3) is 6.83. The lowest BCUT2D eigenvalue weighted by molar-refractivity contribution is -0.143. The fourth-order valence-corrected chi connectivity index (χ4v) is 5.42. The summed E-state index contributed by atoms with van der Waals surface area (Å²) in [7, 11) is 0. The molecule has 31 heavy (non-hydrogen) atoms. The van der Waals surface area contributed by atoms with Gasteiger partial charge in [0.15, 0.2) is 0 Å². The van der Waals surface area contributed by atoms with Crippen LogP contribution < -0.4 is 0 Å². The molecule has 0 saturated heterocycles. The van der Waals surface area contributed by atoms with Gasteiger partial charge in [-0.3, -0.25) is 4.79 Å². The van der Waals surface area contributed by atoms with Crippen molar-refractivity contribution in [1.29, 1.82) is 0 Å². The molecule has 0 aromatic heterocycles. The molecule has 2 fully saturated rings. The number of aliphatic carboxylic acids is 1. The Morgan fingerprint density at radius 2 is 1.32 bits per heavy atom. The van der Waals surface area contributed by atoms with Gasteiger partial charge in [0.2, 0.25) is 0 Å². The monoisotopic (exact) mass is 426 g/mol. The fourth-order valence-electron chi connectivity index (χ4n) is 5.42. The maximum atomic E-state index is 11.3. The zero-order valence-corrected chi connectivity index (χ0v) is 20.7. The van der Waals surface area contributed by atoms with Crippen LogP contribution in [-0.4, -0.2) is 11.1 Å². The molecule has 2 heteroatoms. The Morgan fingerprint density at radius 1 is 0.774 bits per heavy atom. The molecule has 2 nitrogen and oxygen atoms in total. The molecule has 2 aliphatic carbocycles. The van der Waals surface area contributed by atoms with Crippen LogP contribution in [-0.2, 0) is 17.6 Å². The summed E-state index contributed by atoms with van der Waals surface area (Å²) in [5.74, 6) is -0.565. The molecule has 1 aromatic carbocycles. The predicted molar refractivity (Wildman–Crippen MR) is 131 cm³/mol. The molecule has 0 amide bonds. The molecule has 0 atom stereocenters. The van der Waals surface area contributed by atoms with E-state index >= 15 is 0 Å². The van der Waals surface area contributed by atoms with Crippen molar-refractivity contribution >= 4 is 5.97 Å². The van der Waals surface area contributed by atoms with Gasteiger partial charge < -0.3 is 5.11 Å². The van der Waals surface area contributed by atoms with Gasteiger partial charge in [-0.25, -0.2) is 0 Å². The van der Waals surface area contributed by atoms with Gasteiger partial charge in [0.05, 0.1) is 5.41 Å². The second-order valence-corrected chi connectivity index (χ2v) is 11.3. The first-order valence-corrected chi connectivity index (χ1v) is 13.1. The Labute approximate surface area is 191 Å². The molecule has 174 valence electrons. The number of carboxylic acids is 1. The maximum Gasteiger partial charge on any atom is 0.309 e. The summed E-state index contributed by atoms with van der Waals surface area (Å²) in [5, 5.41) is 9.33. The molecular weight excluding hydrogens is 380 g/mol. The van der Waals surface area contributed by atoms with E-state index in [-0.39, 0.29) is 5.41 Å². The fraction of sp³-hybridized carbons (Fsp3) is 0.759. The Hall–Kier alpha value is -1.31. The summed E-state index contributed by atoms with van der Waals surface area (Å²) >= 11 is 0. The van der Waals surface area contributed by atoms with E-state index in [0.717, 1.165) is 25.7 Å². The molecule has 2 aliphatic rings. The van der Waals surface area contributed by atoms with Gasteiger partial charge in [0, 0.05) is 0 Å². The number of hydrogen-bond donors (Lipinski definition) is 1. The van der Waals surface area contributed by atoms with E-state index in [1.54, 1.807) is 11.1 Å². The smallest absolute Gasteiger partial charge is 0.309 e. The Kier molecular flexibility index (Phi) is 8.27. The van der Waals surface area contributed by atoms with Crippen LogP contribution in [0.1, 0.15) is 125 Å². The molecule has 0 aliphatic heterocycles. The molecule has 0 bridgehead atoms. The number of benzene rings is 1. The van der Waals surface area contributed by atoms with Crippen LogP contribution in [0.4, 0.5) is 0 Å². The minimum Gasteiger partial charge on any atom is -0.481 e. The molecule has 0 unspecified atom stereocenters. The predicted octanol–water partition coefficient (Wildman–Crippen LogP) is 8.26. The lowest BCUT2D eigenvalue weighted by Crippen LogP contribution is -2.14. The van der Waals surface area contributed by atoms with Crippen LogP contribution in [0.5, 0.6) is 0 Å². The van der Waals surface area contributed by atoms with Crippen LogP contribution in [0, 0.1) is 31.6 Å². The summed E-state index contributed by atoms with van der Waals surface area (Å²) in [4.78, 5) is 11.3. The van der Waals surface area contributed by atoms with Crippen molar-refractivity contribution in [2.24, 2.45) is 10.8 Å². The Morgan fingerprint density at radius 3 is 1.87 bits per heavy atom. The highest BCUT2D eigenvalue weighted by atomic mass is 16.4. The third-order valence-electron chi connectivity index (χ3n) is 8.52. The lowest BCUT2D eigenvalue weighted by atomic mass is 9.87. The topological polar surface area (TPSA) is 37.3 Å². The van der Waals surface area contributed by atoms with Gasteiger partial charge in [-0.15, -0.1) is 0 Å². The maximum absolute atomic E-state index is 11.3. The summed E-state index contributed by atoms with van der Waals surface area (Å²) < 4.78 is 0. The summed E-state index contributed by atoms with van der Waals surface area (Å²) in [6.07, 6.45) is 19.7.